The third-order valence-electron chi connectivity index (χ3n) is 6.67. The minimum atomic E-state index is -4.71. The van der Waals surface area contributed by atoms with Gasteiger partial charge in [-0.05, 0) is 61.2 Å². The third kappa shape index (κ3) is 7.50. The van der Waals surface area contributed by atoms with Gasteiger partial charge in [0.15, 0.2) is 5.84 Å². The second-order valence-corrected chi connectivity index (χ2v) is 9.97. The fourth-order valence-corrected chi connectivity index (χ4v) is 4.45. The van der Waals surface area contributed by atoms with Crippen LogP contribution < -0.4 is 10.2 Å². The summed E-state index contributed by atoms with van der Waals surface area (Å²) >= 11 is 0. The van der Waals surface area contributed by atoms with E-state index in [1.807, 2.05) is 0 Å². The summed E-state index contributed by atoms with van der Waals surface area (Å²) in [6.45, 7) is 3.56. The number of amides is 1. The number of hydrogen-bond donors (Lipinski definition) is 6. The van der Waals surface area contributed by atoms with Crippen molar-refractivity contribution in [2.75, 3.05) is 24.5 Å². The largest absolute Gasteiger partial charge is 0.508 e. The van der Waals surface area contributed by atoms with Gasteiger partial charge < -0.3 is 20.6 Å². The van der Waals surface area contributed by atoms with Crippen molar-refractivity contribution in [1.82, 2.24) is 10.2 Å². The summed E-state index contributed by atoms with van der Waals surface area (Å²) in [6.07, 6.45) is -3.66. The van der Waals surface area contributed by atoms with Gasteiger partial charge in [0.2, 0.25) is 0 Å². The van der Waals surface area contributed by atoms with E-state index in [2.05, 4.69) is 4.90 Å². The Morgan fingerprint density at radius 2 is 1.68 bits per heavy atom. The van der Waals surface area contributed by atoms with Gasteiger partial charge in [-0.15, -0.1) is 0 Å². The molecule has 40 heavy (non-hydrogen) atoms. The fourth-order valence-electron chi connectivity index (χ4n) is 4.45. The van der Waals surface area contributed by atoms with Crippen molar-refractivity contribution in [2.24, 2.45) is 5.92 Å². The second kappa shape index (κ2) is 12.4. The van der Waals surface area contributed by atoms with Crippen molar-refractivity contribution >= 4 is 29.2 Å². The first kappa shape index (κ1) is 30.4. The van der Waals surface area contributed by atoms with Crippen molar-refractivity contribution in [3.63, 3.8) is 0 Å². The monoisotopic (exact) mass is 563 g/mol. The number of amidine groups is 2. The van der Waals surface area contributed by atoms with Crippen molar-refractivity contribution < 1.29 is 38.1 Å². The number of piperidine rings is 1. The molecule has 0 unspecified atom stereocenters. The lowest BCUT2D eigenvalue weighted by molar-refractivity contribution is -0.143. The fraction of sp³-hybridized carbons (Fsp3) is 0.407. The van der Waals surface area contributed by atoms with Crippen LogP contribution in [0.25, 0.3) is 0 Å². The molecule has 0 radical (unpaired) electrons. The standard InChI is InChI=1S/C27H32F3N5O5/c1-15(2)19-11-20(22(37)12-21(19)36)23(31)35(24(32)25(38)33-14-27(28,29)30)18-5-3-16(4-6-18)13-34-9-7-17(8-10-34)26(39)40/h3-6,11-12,15,17,31-32,36-37H,7-10,13-14H2,1-2H3,(H,33,38)(H,39,40). The number of anilines is 1. The number of rotatable bonds is 7. The smallest absolute Gasteiger partial charge is 0.405 e. The number of alkyl halides is 3. The molecule has 0 aliphatic carbocycles. The average molecular weight is 564 g/mol. The molecule has 1 fully saturated rings. The lowest BCUT2D eigenvalue weighted by Crippen LogP contribution is -2.48. The van der Waals surface area contributed by atoms with Gasteiger partial charge in [0.25, 0.3) is 5.91 Å². The quantitative estimate of drug-likeness (QED) is 0.219. The lowest BCUT2D eigenvalue weighted by atomic mass is 9.97. The number of benzene rings is 2. The number of nitrogens with zero attached hydrogens (tertiary/aromatic N) is 2. The topological polar surface area (TPSA) is 161 Å². The van der Waals surface area contributed by atoms with Gasteiger partial charge in [0.05, 0.1) is 11.5 Å². The van der Waals surface area contributed by atoms with Crippen LogP contribution in [0, 0.1) is 16.7 Å². The number of likely N-dealkylation sites (tertiary alicyclic amines) is 1. The summed E-state index contributed by atoms with van der Waals surface area (Å²) in [6, 6.07) is 8.72. The minimum Gasteiger partial charge on any atom is -0.508 e. The van der Waals surface area contributed by atoms with E-state index in [9.17, 15) is 38.1 Å². The molecular formula is C27H32F3N5O5. The molecule has 0 saturated carbocycles. The Bertz CT molecular complexity index is 1270. The van der Waals surface area contributed by atoms with Crippen molar-refractivity contribution in [3.05, 3.63) is 53.1 Å². The molecule has 13 heteroatoms. The van der Waals surface area contributed by atoms with Gasteiger partial charge in [-0.25, -0.2) is 0 Å². The van der Waals surface area contributed by atoms with Crippen LogP contribution in [0.15, 0.2) is 36.4 Å². The Labute approximate surface area is 229 Å². The molecule has 1 heterocycles. The van der Waals surface area contributed by atoms with E-state index in [1.54, 1.807) is 31.3 Å². The van der Waals surface area contributed by atoms with Crippen LogP contribution >= 0.6 is 0 Å². The highest BCUT2D eigenvalue weighted by Gasteiger charge is 2.32. The molecule has 1 saturated heterocycles. The van der Waals surface area contributed by atoms with Crippen LogP contribution in [-0.2, 0) is 16.1 Å². The molecule has 10 nitrogen and oxygen atoms in total. The third-order valence-corrected chi connectivity index (χ3v) is 6.67. The number of hydrogen-bond acceptors (Lipinski definition) is 7. The van der Waals surface area contributed by atoms with Crippen LogP contribution in [0.2, 0.25) is 0 Å². The number of carbonyl (C=O) groups excluding carboxylic acids is 1. The second-order valence-electron chi connectivity index (χ2n) is 9.97. The molecular weight excluding hydrogens is 531 g/mol. The summed E-state index contributed by atoms with van der Waals surface area (Å²) in [5.41, 5.74) is 1.18. The zero-order valence-electron chi connectivity index (χ0n) is 22.0. The van der Waals surface area contributed by atoms with Gasteiger partial charge in [-0.3, -0.25) is 30.2 Å². The van der Waals surface area contributed by atoms with Crippen LogP contribution in [-0.4, -0.2) is 69.6 Å². The normalized spacial score (nSPS) is 14.7. The maximum absolute atomic E-state index is 12.7. The van der Waals surface area contributed by atoms with Gasteiger partial charge >= 0.3 is 12.1 Å². The number of carbonyl (C=O) groups is 2. The zero-order valence-corrected chi connectivity index (χ0v) is 22.0. The predicted octanol–water partition coefficient (Wildman–Crippen LogP) is 4.01. The molecule has 3 rings (SSSR count). The van der Waals surface area contributed by atoms with E-state index in [-0.39, 0.29) is 28.8 Å². The first-order valence-electron chi connectivity index (χ1n) is 12.6. The van der Waals surface area contributed by atoms with E-state index >= 15 is 0 Å². The minimum absolute atomic E-state index is 0.115. The van der Waals surface area contributed by atoms with E-state index in [4.69, 9.17) is 10.8 Å². The number of phenolic OH excluding ortho intramolecular Hbond substituents is 2. The van der Waals surface area contributed by atoms with Crippen LogP contribution in [0.1, 0.15) is 49.3 Å². The Kier molecular flexibility index (Phi) is 9.40. The molecule has 0 spiro atoms. The predicted molar refractivity (Wildman–Crippen MR) is 142 cm³/mol. The number of aromatic hydroxyl groups is 2. The highest BCUT2D eigenvalue weighted by Crippen LogP contribution is 2.34. The van der Waals surface area contributed by atoms with Gasteiger partial charge in [0.1, 0.15) is 23.9 Å². The maximum Gasteiger partial charge on any atom is 0.405 e. The molecule has 1 aliphatic rings. The molecule has 2 aromatic rings. The summed E-state index contributed by atoms with van der Waals surface area (Å²) in [7, 11) is 0. The van der Waals surface area contributed by atoms with Gasteiger partial charge in [-0.2, -0.15) is 13.2 Å². The van der Waals surface area contributed by atoms with Gasteiger partial charge in [-0.1, -0.05) is 26.0 Å². The van der Waals surface area contributed by atoms with E-state index in [0.717, 1.165) is 16.5 Å². The molecule has 0 atom stereocenters. The molecule has 6 N–H and O–H groups in total. The van der Waals surface area contributed by atoms with E-state index < -0.39 is 42.0 Å². The number of halogens is 3. The Morgan fingerprint density at radius 1 is 1.07 bits per heavy atom. The molecule has 0 aromatic heterocycles. The SMILES string of the molecule is CC(C)c1cc(C(=N)N(C(=N)C(=O)NCC(F)(F)F)c2ccc(CN3CCC(C(=O)O)CC3)cc2)c(O)cc1O. The average Bonchev–Trinajstić information content (AvgIpc) is 2.88. The lowest BCUT2D eigenvalue weighted by Gasteiger charge is -2.30. The number of phenols is 2. The van der Waals surface area contributed by atoms with Crippen molar-refractivity contribution in [1.29, 1.82) is 10.8 Å². The Morgan fingerprint density at radius 3 is 2.20 bits per heavy atom. The van der Waals surface area contributed by atoms with Crippen molar-refractivity contribution in [2.45, 2.75) is 45.3 Å². The number of aliphatic carboxylic acids is 1. The van der Waals surface area contributed by atoms with Crippen LogP contribution in [0.5, 0.6) is 11.5 Å². The number of nitrogens with one attached hydrogen (secondary N) is 3. The number of carboxylic acids is 1. The summed E-state index contributed by atoms with van der Waals surface area (Å²) in [4.78, 5) is 26.6. The molecule has 1 amide bonds. The Balaban J connectivity index is 1.90. The maximum atomic E-state index is 12.7. The van der Waals surface area contributed by atoms with E-state index in [0.29, 0.717) is 38.0 Å². The molecule has 1 aliphatic heterocycles. The van der Waals surface area contributed by atoms with Crippen LogP contribution in [0.4, 0.5) is 18.9 Å². The highest BCUT2D eigenvalue weighted by molar-refractivity contribution is 6.48. The summed E-state index contributed by atoms with van der Waals surface area (Å²) in [5, 5.41) is 48.6. The Hall–Kier alpha value is -4.13. The van der Waals surface area contributed by atoms with Crippen molar-refractivity contribution in [3.8, 4) is 11.5 Å². The first-order valence-corrected chi connectivity index (χ1v) is 12.6. The highest BCUT2D eigenvalue weighted by atomic mass is 19.4. The number of carboxylic acid groups (broad SMARTS) is 1. The molecule has 0 bridgehead atoms. The van der Waals surface area contributed by atoms with E-state index in [1.165, 1.54) is 18.2 Å². The zero-order chi connectivity index (χ0) is 29.8. The summed E-state index contributed by atoms with van der Waals surface area (Å²) in [5.74, 6) is -5.04. The summed E-state index contributed by atoms with van der Waals surface area (Å²) < 4.78 is 38.1. The molecule has 216 valence electrons. The first-order chi connectivity index (χ1) is 18.7. The molecule has 2 aromatic carbocycles. The van der Waals surface area contributed by atoms with Crippen LogP contribution in [0.3, 0.4) is 0 Å². The van der Waals surface area contributed by atoms with Gasteiger partial charge in [0, 0.05) is 18.3 Å².